The zero-order valence-corrected chi connectivity index (χ0v) is 12.5. The van der Waals surface area contributed by atoms with E-state index in [1.807, 2.05) is 0 Å². The number of pyridine rings is 1. The first-order valence-corrected chi connectivity index (χ1v) is 7.19. The molecule has 2 rings (SSSR count). The molecular formula is C15H23N3O2. The highest BCUT2D eigenvalue weighted by molar-refractivity contribution is 5.93. The molecule has 1 aliphatic heterocycles. The number of H-pyrrole nitrogens is 1. The number of nitrogens with zero attached hydrogens (tertiary/aromatic N) is 2. The van der Waals surface area contributed by atoms with E-state index in [2.05, 4.69) is 23.7 Å². The van der Waals surface area contributed by atoms with Crippen molar-refractivity contribution in [3.05, 3.63) is 33.7 Å². The van der Waals surface area contributed by atoms with Gasteiger partial charge in [-0.05, 0) is 25.0 Å². The zero-order chi connectivity index (χ0) is 14.7. The zero-order valence-electron chi connectivity index (χ0n) is 12.5. The van der Waals surface area contributed by atoms with E-state index in [9.17, 15) is 9.59 Å². The Morgan fingerprint density at radius 3 is 2.45 bits per heavy atom. The summed E-state index contributed by atoms with van der Waals surface area (Å²) < 4.78 is 0. The topological polar surface area (TPSA) is 56.4 Å². The van der Waals surface area contributed by atoms with E-state index >= 15 is 0 Å². The fraction of sp³-hybridized carbons (Fsp3) is 0.600. The quantitative estimate of drug-likeness (QED) is 0.900. The minimum atomic E-state index is -0.292. The Morgan fingerprint density at radius 2 is 1.90 bits per heavy atom. The van der Waals surface area contributed by atoms with Gasteiger partial charge in [-0.2, -0.15) is 0 Å². The molecule has 1 saturated heterocycles. The predicted molar refractivity (Wildman–Crippen MR) is 79.0 cm³/mol. The summed E-state index contributed by atoms with van der Waals surface area (Å²) in [7, 11) is 0. The molecule has 5 nitrogen and oxygen atoms in total. The third kappa shape index (κ3) is 3.48. The van der Waals surface area contributed by atoms with E-state index in [4.69, 9.17) is 0 Å². The van der Waals surface area contributed by atoms with E-state index in [0.717, 1.165) is 25.3 Å². The molecule has 110 valence electrons. The van der Waals surface area contributed by atoms with Crippen molar-refractivity contribution in [1.82, 2.24) is 14.8 Å². The summed E-state index contributed by atoms with van der Waals surface area (Å²) in [5, 5.41) is 0. The third-order valence-corrected chi connectivity index (χ3v) is 3.57. The van der Waals surface area contributed by atoms with Gasteiger partial charge in [0.1, 0.15) is 5.56 Å². The number of piperazine rings is 1. The van der Waals surface area contributed by atoms with Crippen molar-refractivity contribution < 1.29 is 4.79 Å². The molecule has 0 bridgehead atoms. The number of hydrogen-bond donors (Lipinski definition) is 1. The Morgan fingerprint density at radius 1 is 1.25 bits per heavy atom. The lowest BCUT2D eigenvalue weighted by Crippen LogP contribution is -2.50. The van der Waals surface area contributed by atoms with Gasteiger partial charge in [-0.1, -0.05) is 13.8 Å². The molecule has 0 aromatic carbocycles. The second kappa shape index (κ2) is 6.22. The summed E-state index contributed by atoms with van der Waals surface area (Å²) in [5.41, 5.74) is 0.723. The van der Waals surface area contributed by atoms with Crippen LogP contribution >= 0.6 is 0 Å². The van der Waals surface area contributed by atoms with Crippen molar-refractivity contribution in [3.63, 3.8) is 0 Å². The fourth-order valence-electron chi connectivity index (χ4n) is 2.56. The van der Waals surface area contributed by atoms with Crippen molar-refractivity contribution in [1.29, 1.82) is 0 Å². The molecule has 0 spiro atoms. The van der Waals surface area contributed by atoms with Crippen LogP contribution in [0.25, 0.3) is 0 Å². The van der Waals surface area contributed by atoms with Crippen molar-refractivity contribution in [2.45, 2.75) is 20.8 Å². The molecule has 0 unspecified atom stereocenters. The highest BCUT2D eigenvalue weighted by Gasteiger charge is 2.23. The highest BCUT2D eigenvalue weighted by atomic mass is 16.2. The van der Waals surface area contributed by atoms with Crippen molar-refractivity contribution in [2.24, 2.45) is 5.92 Å². The highest BCUT2D eigenvalue weighted by Crippen LogP contribution is 2.08. The second-order valence-corrected chi connectivity index (χ2v) is 5.87. The normalized spacial score (nSPS) is 16.7. The largest absolute Gasteiger partial charge is 0.336 e. The average molecular weight is 277 g/mol. The van der Waals surface area contributed by atoms with E-state index in [1.54, 1.807) is 24.0 Å². The van der Waals surface area contributed by atoms with Gasteiger partial charge in [-0.15, -0.1) is 0 Å². The van der Waals surface area contributed by atoms with Gasteiger partial charge in [-0.25, -0.2) is 0 Å². The van der Waals surface area contributed by atoms with Gasteiger partial charge in [0, 0.05) is 38.4 Å². The lowest BCUT2D eigenvalue weighted by atomic mass is 10.1. The monoisotopic (exact) mass is 277 g/mol. The van der Waals surface area contributed by atoms with Gasteiger partial charge < -0.3 is 9.88 Å². The Labute approximate surface area is 119 Å². The maximum absolute atomic E-state index is 12.3. The Bertz CT molecular complexity index is 528. The number of aryl methyl sites for hydroxylation is 1. The van der Waals surface area contributed by atoms with Gasteiger partial charge in [0.15, 0.2) is 0 Å². The maximum atomic E-state index is 12.3. The Hall–Kier alpha value is -1.62. The smallest absolute Gasteiger partial charge is 0.260 e. The second-order valence-electron chi connectivity index (χ2n) is 5.87. The summed E-state index contributed by atoms with van der Waals surface area (Å²) in [6.45, 7) is 10.4. The van der Waals surface area contributed by atoms with Crippen molar-refractivity contribution >= 4 is 5.91 Å². The van der Waals surface area contributed by atoms with Crippen LogP contribution in [0.15, 0.2) is 16.9 Å². The van der Waals surface area contributed by atoms with Gasteiger partial charge in [0.2, 0.25) is 0 Å². The summed E-state index contributed by atoms with van der Waals surface area (Å²) >= 11 is 0. The molecule has 20 heavy (non-hydrogen) atoms. The predicted octanol–water partition coefficient (Wildman–Crippen LogP) is 1.10. The lowest BCUT2D eigenvalue weighted by Gasteiger charge is -2.35. The molecule has 1 fully saturated rings. The molecular weight excluding hydrogens is 254 g/mol. The fourth-order valence-corrected chi connectivity index (χ4v) is 2.56. The number of carbonyl (C=O) groups excluding carboxylic acids is 1. The first-order valence-electron chi connectivity index (χ1n) is 7.19. The average Bonchev–Trinajstić information content (AvgIpc) is 2.38. The number of aromatic nitrogens is 1. The van der Waals surface area contributed by atoms with Crippen LogP contribution < -0.4 is 5.56 Å². The number of amides is 1. The van der Waals surface area contributed by atoms with Gasteiger partial charge in [0.25, 0.3) is 11.5 Å². The first-order chi connectivity index (χ1) is 9.47. The van der Waals surface area contributed by atoms with E-state index in [1.165, 1.54) is 0 Å². The van der Waals surface area contributed by atoms with E-state index < -0.39 is 0 Å². The molecule has 0 aliphatic carbocycles. The Kier molecular flexibility index (Phi) is 4.60. The number of carbonyl (C=O) groups is 1. The number of aromatic amines is 1. The SMILES string of the molecule is Cc1ccc(C(=O)N2CCN(CC(C)C)CC2)c(=O)[nH]1. The van der Waals surface area contributed by atoms with Crippen LogP contribution in [0.1, 0.15) is 29.9 Å². The maximum Gasteiger partial charge on any atom is 0.260 e. The summed E-state index contributed by atoms with van der Waals surface area (Å²) in [6.07, 6.45) is 0. The molecule has 1 aliphatic rings. The minimum absolute atomic E-state index is 0.157. The standard InChI is InChI=1S/C15H23N3O2/c1-11(2)10-17-6-8-18(9-7-17)15(20)13-5-4-12(3)16-14(13)19/h4-5,11H,6-10H2,1-3H3,(H,16,19). The van der Waals surface area contributed by atoms with Gasteiger partial charge in [-0.3, -0.25) is 14.5 Å². The summed E-state index contributed by atoms with van der Waals surface area (Å²) in [5.74, 6) is 0.479. The van der Waals surface area contributed by atoms with E-state index in [-0.39, 0.29) is 17.0 Å². The molecule has 1 amide bonds. The van der Waals surface area contributed by atoms with Gasteiger partial charge >= 0.3 is 0 Å². The molecule has 2 heterocycles. The van der Waals surface area contributed by atoms with Gasteiger partial charge in [0.05, 0.1) is 0 Å². The molecule has 1 N–H and O–H groups in total. The van der Waals surface area contributed by atoms with Crippen LogP contribution in [0.3, 0.4) is 0 Å². The molecule has 0 saturated carbocycles. The lowest BCUT2D eigenvalue weighted by molar-refractivity contribution is 0.0622. The van der Waals surface area contributed by atoms with Crippen LogP contribution in [-0.4, -0.2) is 53.4 Å². The number of nitrogens with one attached hydrogen (secondary N) is 1. The minimum Gasteiger partial charge on any atom is -0.336 e. The first kappa shape index (κ1) is 14.8. The number of rotatable bonds is 3. The molecule has 1 aromatic heterocycles. The van der Waals surface area contributed by atoms with Crippen LogP contribution in [0.5, 0.6) is 0 Å². The van der Waals surface area contributed by atoms with Crippen molar-refractivity contribution in [2.75, 3.05) is 32.7 Å². The molecule has 1 aromatic rings. The van der Waals surface area contributed by atoms with Crippen LogP contribution in [-0.2, 0) is 0 Å². The number of hydrogen-bond acceptors (Lipinski definition) is 3. The summed E-state index contributed by atoms with van der Waals surface area (Å²) in [4.78, 5) is 31.0. The van der Waals surface area contributed by atoms with E-state index in [0.29, 0.717) is 19.0 Å². The third-order valence-electron chi connectivity index (χ3n) is 3.57. The van der Waals surface area contributed by atoms with Crippen LogP contribution in [0, 0.1) is 12.8 Å². The Balaban J connectivity index is 2.00. The molecule has 0 atom stereocenters. The molecule has 5 heteroatoms. The van der Waals surface area contributed by atoms with Crippen LogP contribution in [0.4, 0.5) is 0 Å². The molecule has 0 radical (unpaired) electrons. The van der Waals surface area contributed by atoms with Crippen LogP contribution in [0.2, 0.25) is 0 Å². The summed E-state index contributed by atoms with van der Waals surface area (Å²) in [6, 6.07) is 3.39. The van der Waals surface area contributed by atoms with Crippen molar-refractivity contribution in [3.8, 4) is 0 Å².